The van der Waals surface area contributed by atoms with Gasteiger partial charge < -0.3 is 15.6 Å². The molecule has 0 saturated heterocycles. The van der Waals surface area contributed by atoms with Gasteiger partial charge in [0.15, 0.2) is 0 Å². The van der Waals surface area contributed by atoms with Crippen molar-refractivity contribution in [1.82, 2.24) is 0 Å². The first-order valence-corrected chi connectivity index (χ1v) is 6.38. The minimum absolute atomic E-state index is 0.0723. The molecule has 5 heteroatoms. The van der Waals surface area contributed by atoms with Gasteiger partial charge in [-0.3, -0.25) is 0 Å². The highest BCUT2D eigenvalue weighted by atomic mass is 32.1. The highest BCUT2D eigenvalue weighted by Crippen LogP contribution is 2.20. The minimum atomic E-state index is -1.05. The molecule has 0 spiro atoms. The van der Waals surface area contributed by atoms with E-state index < -0.39 is 5.97 Å². The number of carboxylic acid groups (broad SMARTS) is 1. The second-order valence-electron chi connectivity index (χ2n) is 3.78. The lowest BCUT2D eigenvalue weighted by molar-refractivity contribution is 0.0697. The van der Waals surface area contributed by atoms with E-state index in [4.69, 9.17) is 15.6 Å². The van der Waals surface area contributed by atoms with Crippen molar-refractivity contribution in [1.29, 1.82) is 0 Å². The average molecular weight is 263 g/mol. The molecule has 0 aliphatic carbocycles. The van der Waals surface area contributed by atoms with Crippen molar-refractivity contribution >= 4 is 23.0 Å². The number of hydrogen-bond acceptors (Lipinski definition) is 4. The highest BCUT2D eigenvalue weighted by Gasteiger charge is 2.09. The van der Waals surface area contributed by atoms with E-state index in [0.717, 1.165) is 6.42 Å². The van der Waals surface area contributed by atoms with Gasteiger partial charge in [0.2, 0.25) is 0 Å². The van der Waals surface area contributed by atoms with E-state index in [-0.39, 0.29) is 11.3 Å². The summed E-state index contributed by atoms with van der Waals surface area (Å²) < 4.78 is 5.51. The van der Waals surface area contributed by atoms with Crippen molar-refractivity contribution < 1.29 is 14.6 Å². The number of nitrogens with two attached hydrogens (primary N) is 1. The number of benzene rings is 1. The van der Waals surface area contributed by atoms with E-state index >= 15 is 0 Å². The quantitative estimate of drug-likeness (QED) is 0.813. The predicted molar refractivity (Wildman–Crippen MR) is 71.3 cm³/mol. The van der Waals surface area contributed by atoms with Gasteiger partial charge in [-0.05, 0) is 40.6 Å². The van der Waals surface area contributed by atoms with Gasteiger partial charge in [-0.2, -0.15) is 11.3 Å². The number of aromatic carboxylic acids is 1. The number of ether oxygens (including phenoxy) is 1. The lowest BCUT2D eigenvalue weighted by Gasteiger charge is -2.07. The number of anilines is 1. The molecule has 0 saturated carbocycles. The molecule has 0 bridgehead atoms. The van der Waals surface area contributed by atoms with Crippen molar-refractivity contribution in [2.75, 3.05) is 12.3 Å². The minimum Gasteiger partial charge on any atom is -0.493 e. The van der Waals surface area contributed by atoms with Crippen LogP contribution in [0.15, 0.2) is 35.0 Å². The number of carbonyl (C=O) groups is 1. The molecule has 4 nitrogen and oxygen atoms in total. The van der Waals surface area contributed by atoms with Gasteiger partial charge in [-0.1, -0.05) is 0 Å². The standard InChI is InChI=1S/C13H13NO3S/c14-12-2-1-10(7-11(12)13(15)16)17-5-3-9-4-6-18-8-9/h1-2,4,6-8H,3,5,14H2,(H,15,16). The van der Waals surface area contributed by atoms with Gasteiger partial charge in [-0.25, -0.2) is 4.79 Å². The Labute approximate surface area is 109 Å². The van der Waals surface area contributed by atoms with Crippen LogP contribution in [0.1, 0.15) is 15.9 Å². The fourth-order valence-electron chi connectivity index (χ4n) is 1.53. The Morgan fingerprint density at radius 3 is 2.89 bits per heavy atom. The summed E-state index contributed by atoms with van der Waals surface area (Å²) in [5, 5.41) is 13.0. The van der Waals surface area contributed by atoms with Crippen molar-refractivity contribution in [2.24, 2.45) is 0 Å². The molecule has 0 amide bonds. The molecule has 2 aromatic rings. The fourth-order valence-corrected chi connectivity index (χ4v) is 2.24. The SMILES string of the molecule is Nc1ccc(OCCc2ccsc2)cc1C(=O)O. The molecule has 94 valence electrons. The van der Waals surface area contributed by atoms with Gasteiger partial charge in [0.05, 0.1) is 12.2 Å². The second kappa shape index (κ2) is 5.55. The van der Waals surface area contributed by atoms with Crippen LogP contribution in [0, 0.1) is 0 Å². The summed E-state index contributed by atoms with van der Waals surface area (Å²) in [7, 11) is 0. The Morgan fingerprint density at radius 2 is 2.22 bits per heavy atom. The lowest BCUT2D eigenvalue weighted by atomic mass is 10.2. The molecular weight excluding hydrogens is 250 g/mol. The van der Waals surface area contributed by atoms with E-state index in [2.05, 4.69) is 5.38 Å². The Bertz CT molecular complexity index is 537. The molecule has 2 rings (SSSR count). The van der Waals surface area contributed by atoms with E-state index in [1.807, 2.05) is 11.4 Å². The summed E-state index contributed by atoms with van der Waals surface area (Å²) in [4.78, 5) is 10.9. The van der Waals surface area contributed by atoms with E-state index in [1.54, 1.807) is 23.5 Å². The van der Waals surface area contributed by atoms with Crippen LogP contribution in [-0.4, -0.2) is 17.7 Å². The zero-order valence-electron chi connectivity index (χ0n) is 9.63. The molecular formula is C13H13NO3S. The largest absolute Gasteiger partial charge is 0.493 e. The summed E-state index contributed by atoms with van der Waals surface area (Å²) >= 11 is 1.64. The topological polar surface area (TPSA) is 72.5 Å². The maximum atomic E-state index is 10.9. The third-order valence-electron chi connectivity index (χ3n) is 2.49. The number of hydrogen-bond donors (Lipinski definition) is 2. The fraction of sp³-hybridized carbons (Fsp3) is 0.154. The summed E-state index contributed by atoms with van der Waals surface area (Å²) in [6, 6.07) is 6.71. The molecule has 0 atom stereocenters. The molecule has 0 fully saturated rings. The van der Waals surface area contributed by atoms with E-state index in [1.165, 1.54) is 11.6 Å². The van der Waals surface area contributed by atoms with E-state index in [9.17, 15) is 4.79 Å². The Kier molecular flexibility index (Phi) is 3.84. The van der Waals surface area contributed by atoms with Gasteiger partial charge in [0.1, 0.15) is 5.75 Å². The van der Waals surface area contributed by atoms with Crippen molar-refractivity contribution in [3.63, 3.8) is 0 Å². The van der Waals surface area contributed by atoms with Gasteiger partial charge in [0, 0.05) is 12.1 Å². The van der Waals surface area contributed by atoms with Gasteiger partial charge >= 0.3 is 5.97 Å². The summed E-state index contributed by atoms with van der Waals surface area (Å²) in [5.74, 6) is -0.521. The number of carboxylic acids is 1. The first kappa shape index (κ1) is 12.4. The Balaban J connectivity index is 1.97. The van der Waals surface area contributed by atoms with Crippen LogP contribution < -0.4 is 10.5 Å². The Morgan fingerprint density at radius 1 is 1.39 bits per heavy atom. The molecule has 1 aromatic carbocycles. The zero-order chi connectivity index (χ0) is 13.0. The molecule has 1 heterocycles. The molecule has 3 N–H and O–H groups in total. The first-order chi connectivity index (χ1) is 8.66. The van der Waals surface area contributed by atoms with Crippen LogP contribution in [-0.2, 0) is 6.42 Å². The van der Waals surface area contributed by atoms with Crippen LogP contribution in [0.4, 0.5) is 5.69 Å². The van der Waals surface area contributed by atoms with Crippen molar-refractivity contribution in [3.05, 3.63) is 46.2 Å². The third kappa shape index (κ3) is 3.01. The van der Waals surface area contributed by atoms with Crippen molar-refractivity contribution in [2.45, 2.75) is 6.42 Å². The zero-order valence-corrected chi connectivity index (χ0v) is 10.4. The smallest absolute Gasteiger partial charge is 0.337 e. The van der Waals surface area contributed by atoms with Gasteiger partial charge in [-0.15, -0.1) is 0 Å². The molecule has 18 heavy (non-hydrogen) atoms. The lowest BCUT2D eigenvalue weighted by Crippen LogP contribution is -2.05. The summed E-state index contributed by atoms with van der Waals surface area (Å²) in [6.07, 6.45) is 0.802. The van der Waals surface area contributed by atoms with Gasteiger partial charge in [0.25, 0.3) is 0 Å². The Hall–Kier alpha value is -2.01. The number of thiophene rings is 1. The number of nitrogen functional groups attached to an aromatic ring is 1. The maximum absolute atomic E-state index is 10.9. The molecule has 0 aliphatic heterocycles. The molecule has 0 aliphatic rings. The van der Waals surface area contributed by atoms with E-state index in [0.29, 0.717) is 12.4 Å². The monoisotopic (exact) mass is 263 g/mol. The average Bonchev–Trinajstić information content (AvgIpc) is 2.84. The van der Waals surface area contributed by atoms with Crippen LogP contribution in [0.2, 0.25) is 0 Å². The maximum Gasteiger partial charge on any atom is 0.337 e. The normalized spacial score (nSPS) is 10.2. The van der Waals surface area contributed by atoms with Crippen LogP contribution >= 0.6 is 11.3 Å². The third-order valence-corrected chi connectivity index (χ3v) is 3.23. The van der Waals surface area contributed by atoms with Crippen LogP contribution in [0.25, 0.3) is 0 Å². The molecule has 0 radical (unpaired) electrons. The summed E-state index contributed by atoms with van der Waals surface area (Å²) in [6.45, 7) is 0.514. The first-order valence-electron chi connectivity index (χ1n) is 5.43. The second-order valence-corrected chi connectivity index (χ2v) is 4.56. The molecule has 1 aromatic heterocycles. The number of rotatable bonds is 5. The van der Waals surface area contributed by atoms with Crippen LogP contribution in [0.3, 0.4) is 0 Å². The highest BCUT2D eigenvalue weighted by molar-refractivity contribution is 7.07. The predicted octanol–water partition coefficient (Wildman–Crippen LogP) is 2.65. The molecule has 0 unspecified atom stereocenters. The van der Waals surface area contributed by atoms with Crippen molar-refractivity contribution in [3.8, 4) is 5.75 Å². The van der Waals surface area contributed by atoms with Crippen LogP contribution in [0.5, 0.6) is 5.75 Å². The summed E-state index contributed by atoms with van der Waals surface area (Å²) in [5.41, 5.74) is 7.09.